The topological polar surface area (TPSA) is 29.1 Å². The van der Waals surface area contributed by atoms with Crippen LogP contribution in [0.4, 0.5) is 0 Å². The van der Waals surface area contributed by atoms with Crippen LogP contribution in [0.15, 0.2) is 11.5 Å². The molecule has 11 heavy (non-hydrogen) atoms. The smallest absolute Gasteiger partial charge is 0.233 e. The Morgan fingerprint density at radius 1 is 1.82 bits per heavy atom. The second-order valence-electron chi connectivity index (χ2n) is 2.52. The minimum Gasteiger partial charge on any atom is -0.355 e. The second-order valence-corrected chi connectivity index (χ2v) is 3.64. The zero-order chi connectivity index (χ0) is 8.10. The molecule has 0 saturated carbocycles. The largest absolute Gasteiger partial charge is 0.355 e. The maximum Gasteiger partial charge on any atom is 0.233 e. The van der Waals surface area contributed by atoms with E-state index in [-0.39, 0.29) is 11.2 Å². The number of rotatable bonds is 3. The predicted octanol–water partition coefficient (Wildman–Crippen LogP) is 1.53. The first-order valence-corrected chi connectivity index (χ1v) is 4.87. The quantitative estimate of drug-likeness (QED) is 0.697. The lowest BCUT2D eigenvalue weighted by molar-refractivity contribution is -0.120. The molecule has 0 aromatic heterocycles. The highest BCUT2D eigenvalue weighted by Gasteiger charge is 2.18. The Kier molecular flexibility index (Phi) is 3.49. The van der Waals surface area contributed by atoms with Crippen molar-refractivity contribution < 1.29 is 4.79 Å². The average molecular weight is 171 g/mol. The van der Waals surface area contributed by atoms with Crippen molar-refractivity contribution in [3.63, 3.8) is 0 Å². The SMILES string of the molecule is CCCNC(=O)C1CC=CS1. The summed E-state index contributed by atoms with van der Waals surface area (Å²) in [5.41, 5.74) is 0. The molecule has 1 atom stereocenters. The highest BCUT2D eigenvalue weighted by atomic mass is 32.2. The molecular weight excluding hydrogens is 158 g/mol. The summed E-state index contributed by atoms with van der Waals surface area (Å²) in [4.78, 5) is 11.2. The van der Waals surface area contributed by atoms with Gasteiger partial charge in [0.1, 0.15) is 0 Å². The van der Waals surface area contributed by atoms with Crippen LogP contribution in [0.5, 0.6) is 0 Å². The number of hydrogen-bond donors (Lipinski definition) is 1. The molecule has 1 heterocycles. The summed E-state index contributed by atoms with van der Waals surface area (Å²) in [6.45, 7) is 2.86. The number of amides is 1. The third kappa shape index (κ3) is 2.58. The predicted molar refractivity (Wildman–Crippen MR) is 48.4 cm³/mol. The molecule has 1 aliphatic heterocycles. The van der Waals surface area contributed by atoms with Crippen molar-refractivity contribution in [1.29, 1.82) is 0 Å². The van der Waals surface area contributed by atoms with E-state index in [4.69, 9.17) is 0 Å². The number of thioether (sulfide) groups is 1. The normalized spacial score (nSPS) is 22.1. The maximum absolute atomic E-state index is 11.2. The van der Waals surface area contributed by atoms with E-state index in [0.717, 1.165) is 19.4 Å². The van der Waals surface area contributed by atoms with Crippen molar-refractivity contribution in [2.45, 2.75) is 25.0 Å². The van der Waals surface area contributed by atoms with Gasteiger partial charge in [0, 0.05) is 6.54 Å². The molecule has 0 saturated heterocycles. The van der Waals surface area contributed by atoms with Crippen LogP contribution in [0.1, 0.15) is 19.8 Å². The standard InChI is InChI=1S/C8H13NOS/c1-2-5-9-8(10)7-4-3-6-11-7/h3,6-7H,2,4-5H2,1H3,(H,9,10). The van der Waals surface area contributed by atoms with Crippen molar-refractivity contribution in [2.24, 2.45) is 0 Å². The van der Waals surface area contributed by atoms with Crippen molar-refractivity contribution in [3.8, 4) is 0 Å². The monoisotopic (exact) mass is 171 g/mol. The maximum atomic E-state index is 11.2. The molecule has 0 aromatic carbocycles. The van der Waals surface area contributed by atoms with Gasteiger partial charge in [-0.25, -0.2) is 0 Å². The lowest BCUT2D eigenvalue weighted by Crippen LogP contribution is -2.31. The molecular formula is C8H13NOS. The van der Waals surface area contributed by atoms with E-state index in [1.54, 1.807) is 11.8 Å². The van der Waals surface area contributed by atoms with Crippen LogP contribution < -0.4 is 5.32 Å². The Labute approximate surface area is 71.4 Å². The molecule has 62 valence electrons. The van der Waals surface area contributed by atoms with E-state index in [1.165, 1.54) is 0 Å². The fourth-order valence-electron chi connectivity index (χ4n) is 0.916. The molecule has 1 aliphatic rings. The number of nitrogens with one attached hydrogen (secondary N) is 1. The lowest BCUT2D eigenvalue weighted by atomic mass is 10.3. The summed E-state index contributed by atoms with van der Waals surface area (Å²) < 4.78 is 0. The summed E-state index contributed by atoms with van der Waals surface area (Å²) in [5, 5.41) is 5.01. The first-order valence-electron chi connectivity index (χ1n) is 3.92. The number of hydrogen-bond acceptors (Lipinski definition) is 2. The van der Waals surface area contributed by atoms with Crippen LogP contribution in [-0.4, -0.2) is 17.7 Å². The van der Waals surface area contributed by atoms with Crippen molar-refractivity contribution in [3.05, 3.63) is 11.5 Å². The molecule has 1 rings (SSSR count). The minimum absolute atomic E-state index is 0.140. The van der Waals surface area contributed by atoms with Crippen LogP contribution in [-0.2, 0) is 4.79 Å². The van der Waals surface area contributed by atoms with Crippen molar-refractivity contribution in [2.75, 3.05) is 6.54 Å². The third-order valence-electron chi connectivity index (χ3n) is 1.53. The zero-order valence-electron chi connectivity index (χ0n) is 6.67. The fraction of sp³-hybridized carbons (Fsp3) is 0.625. The second kappa shape index (κ2) is 4.44. The van der Waals surface area contributed by atoms with Gasteiger partial charge in [-0.3, -0.25) is 4.79 Å². The van der Waals surface area contributed by atoms with Crippen LogP contribution in [0.2, 0.25) is 0 Å². The first kappa shape index (κ1) is 8.65. The van der Waals surface area contributed by atoms with E-state index in [0.29, 0.717) is 0 Å². The van der Waals surface area contributed by atoms with Gasteiger partial charge in [0.15, 0.2) is 0 Å². The molecule has 3 heteroatoms. The molecule has 0 aromatic rings. The molecule has 0 bridgehead atoms. The first-order chi connectivity index (χ1) is 5.34. The molecule has 1 unspecified atom stereocenters. The molecule has 0 radical (unpaired) electrons. The van der Waals surface area contributed by atoms with Gasteiger partial charge in [-0.2, -0.15) is 0 Å². The van der Waals surface area contributed by atoms with Gasteiger partial charge in [0.05, 0.1) is 5.25 Å². The summed E-state index contributed by atoms with van der Waals surface area (Å²) >= 11 is 1.61. The van der Waals surface area contributed by atoms with Gasteiger partial charge in [-0.1, -0.05) is 13.0 Å². The van der Waals surface area contributed by atoms with E-state index >= 15 is 0 Å². The van der Waals surface area contributed by atoms with Crippen LogP contribution in [0.25, 0.3) is 0 Å². The summed E-state index contributed by atoms with van der Waals surface area (Å²) in [7, 11) is 0. The van der Waals surface area contributed by atoms with E-state index in [2.05, 4.69) is 12.2 Å². The van der Waals surface area contributed by atoms with Gasteiger partial charge in [-0.15, -0.1) is 11.8 Å². The highest BCUT2D eigenvalue weighted by molar-refractivity contribution is 8.03. The summed E-state index contributed by atoms with van der Waals surface area (Å²) in [6, 6.07) is 0. The van der Waals surface area contributed by atoms with E-state index in [9.17, 15) is 4.79 Å². The van der Waals surface area contributed by atoms with Crippen LogP contribution in [0.3, 0.4) is 0 Å². The van der Waals surface area contributed by atoms with Gasteiger partial charge in [0.25, 0.3) is 0 Å². The Balaban J connectivity index is 2.19. The van der Waals surface area contributed by atoms with Crippen LogP contribution >= 0.6 is 11.8 Å². The fourth-order valence-corrected chi connectivity index (χ4v) is 1.76. The van der Waals surface area contributed by atoms with Crippen molar-refractivity contribution in [1.82, 2.24) is 5.32 Å². The molecule has 1 amide bonds. The van der Waals surface area contributed by atoms with Crippen LogP contribution in [0, 0.1) is 0 Å². The molecule has 1 N–H and O–H groups in total. The summed E-state index contributed by atoms with van der Waals surface area (Å²) in [5.74, 6) is 0.182. The Bertz CT molecular complexity index is 159. The Morgan fingerprint density at radius 2 is 2.64 bits per heavy atom. The van der Waals surface area contributed by atoms with E-state index < -0.39 is 0 Å². The number of allylic oxidation sites excluding steroid dienone is 1. The van der Waals surface area contributed by atoms with E-state index in [1.807, 2.05) is 11.5 Å². The van der Waals surface area contributed by atoms with Gasteiger partial charge < -0.3 is 5.32 Å². The average Bonchev–Trinajstić information content (AvgIpc) is 2.52. The molecule has 2 nitrogen and oxygen atoms in total. The van der Waals surface area contributed by atoms with Gasteiger partial charge >= 0.3 is 0 Å². The number of carbonyl (C=O) groups excluding carboxylic acids is 1. The summed E-state index contributed by atoms with van der Waals surface area (Å²) in [6.07, 6.45) is 3.94. The highest BCUT2D eigenvalue weighted by Crippen LogP contribution is 2.23. The molecule has 0 fully saturated rings. The number of carbonyl (C=O) groups is 1. The third-order valence-corrected chi connectivity index (χ3v) is 2.62. The van der Waals surface area contributed by atoms with Gasteiger partial charge in [-0.05, 0) is 18.2 Å². The molecule has 0 spiro atoms. The lowest BCUT2D eigenvalue weighted by Gasteiger charge is -2.07. The van der Waals surface area contributed by atoms with Crippen molar-refractivity contribution >= 4 is 17.7 Å². The Morgan fingerprint density at radius 3 is 3.18 bits per heavy atom. The zero-order valence-corrected chi connectivity index (χ0v) is 7.49. The Hall–Kier alpha value is -0.440. The van der Waals surface area contributed by atoms with Gasteiger partial charge in [0.2, 0.25) is 5.91 Å². The molecule has 0 aliphatic carbocycles. The minimum atomic E-state index is 0.140.